The third-order valence-corrected chi connectivity index (χ3v) is 2.96. The van der Waals surface area contributed by atoms with Crippen LogP contribution in [-0.2, 0) is 0 Å². The predicted molar refractivity (Wildman–Crippen MR) is 62.2 cm³/mol. The molecule has 14 heavy (non-hydrogen) atoms. The van der Waals surface area contributed by atoms with E-state index in [-0.39, 0.29) is 0 Å². The van der Waals surface area contributed by atoms with Crippen molar-refractivity contribution >= 4 is 0 Å². The minimum Gasteiger partial charge on any atom is -0.326 e. The topological polar surface area (TPSA) is 17.0 Å². The van der Waals surface area contributed by atoms with Crippen molar-refractivity contribution in [2.45, 2.75) is 40.5 Å². The maximum absolute atomic E-state index is 3.48. The number of aromatic nitrogens is 1. The number of rotatable bonds is 5. The van der Waals surface area contributed by atoms with Crippen LogP contribution in [0.15, 0.2) is 12.1 Å². The predicted octanol–water partition coefficient (Wildman–Crippen LogP) is 3.08. The van der Waals surface area contributed by atoms with Gasteiger partial charge in [0.05, 0.1) is 0 Å². The summed E-state index contributed by atoms with van der Waals surface area (Å²) >= 11 is 0. The zero-order chi connectivity index (χ0) is 10.6. The summed E-state index contributed by atoms with van der Waals surface area (Å²) in [4.78, 5) is 0. The number of aryl methyl sites for hydroxylation is 2. The molecule has 0 aromatic carbocycles. The van der Waals surface area contributed by atoms with E-state index in [0.717, 1.165) is 12.5 Å². The molecular weight excluding hydrogens is 172 g/mol. The average molecular weight is 194 g/mol. The Labute approximate surface area is 87.3 Å². The van der Waals surface area contributed by atoms with Crippen LogP contribution in [0.3, 0.4) is 0 Å². The van der Waals surface area contributed by atoms with Crippen molar-refractivity contribution in [2.24, 2.45) is 5.92 Å². The Kier molecular flexibility index (Phi) is 4.05. The molecule has 0 saturated carbocycles. The molecule has 1 aromatic heterocycles. The lowest BCUT2D eigenvalue weighted by Crippen LogP contribution is -2.23. The van der Waals surface area contributed by atoms with Gasteiger partial charge in [0.25, 0.3) is 0 Å². The highest BCUT2D eigenvalue weighted by Crippen LogP contribution is 2.08. The fourth-order valence-corrected chi connectivity index (χ4v) is 1.72. The molecule has 0 aliphatic heterocycles. The smallest absolute Gasteiger partial charge is 0.0366 e. The Morgan fingerprint density at radius 2 is 1.64 bits per heavy atom. The van der Waals surface area contributed by atoms with Gasteiger partial charge < -0.3 is 5.43 Å². The highest BCUT2D eigenvalue weighted by atomic mass is 15.4. The summed E-state index contributed by atoms with van der Waals surface area (Å²) in [5.74, 6) is 0.788. The third kappa shape index (κ3) is 2.53. The monoisotopic (exact) mass is 194 g/mol. The third-order valence-electron chi connectivity index (χ3n) is 2.96. The number of hydrogen-bond acceptors (Lipinski definition) is 1. The molecule has 0 aliphatic carbocycles. The van der Waals surface area contributed by atoms with Crippen molar-refractivity contribution in [3.05, 3.63) is 23.5 Å². The first-order valence-electron chi connectivity index (χ1n) is 5.57. The second-order valence-electron chi connectivity index (χ2n) is 4.00. The molecule has 0 spiro atoms. The SMILES string of the molecule is CCC(CC)CNn1c(C)ccc1C. The quantitative estimate of drug-likeness (QED) is 0.762. The first-order valence-corrected chi connectivity index (χ1v) is 5.57. The Bertz CT molecular complexity index is 252. The van der Waals surface area contributed by atoms with Crippen molar-refractivity contribution in [2.75, 3.05) is 12.0 Å². The van der Waals surface area contributed by atoms with Gasteiger partial charge in [0.2, 0.25) is 0 Å². The van der Waals surface area contributed by atoms with Crippen molar-refractivity contribution in [3.8, 4) is 0 Å². The second kappa shape index (κ2) is 5.08. The minimum absolute atomic E-state index is 0.788. The van der Waals surface area contributed by atoms with Crippen LogP contribution in [0.1, 0.15) is 38.1 Å². The Morgan fingerprint density at radius 1 is 1.14 bits per heavy atom. The van der Waals surface area contributed by atoms with E-state index in [1.165, 1.54) is 24.2 Å². The Balaban J connectivity index is 2.52. The lowest BCUT2D eigenvalue weighted by Gasteiger charge is -2.17. The largest absolute Gasteiger partial charge is 0.326 e. The van der Waals surface area contributed by atoms with Gasteiger partial charge in [0, 0.05) is 17.9 Å². The lowest BCUT2D eigenvalue weighted by molar-refractivity contribution is 0.498. The van der Waals surface area contributed by atoms with E-state index >= 15 is 0 Å². The molecule has 0 atom stereocenters. The van der Waals surface area contributed by atoms with Crippen LogP contribution in [-0.4, -0.2) is 11.2 Å². The average Bonchev–Trinajstić information content (AvgIpc) is 2.50. The van der Waals surface area contributed by atoms with Crippen LogP contribution < -0.4 is 5.43 Å². The molecule has 0 unspecified atom stereocenters. The van der Waals surface area contributed by atoms with E-state index in [4.69, 9.17) is 0 Å². The van der Waals surface area contributed by atoms with Crippen molar-refractivity contribution < 1.29 is 0 Å². The summed E-state index contributed by atoms with van der Waals surface area (Å²) in [6.07, 6.45) is 2.51. The van der Waals surface area contributed by atoms with Gasteiger partial charge in [-0.2, -0.15) is 0 Å². The molecule has 1 aromatic rings. The standard InChI is InChI=1S/C12H22N2/c1-5-12(6-2)9-13-14-10(3)7-8-11(14)4/h7-8,12-13H,5-6,9H2,1-4H3. The molecule has 2 nitrogen and oxygen atoms in total. The Hall–Kier alpha value is -0.920. The summed E-state index contributed by atoms with van der Waals surface area (Å²) < 4.78 is 2.18. The van der Waals surface area contributed by atoms with Crippen LogP contribution in [0.2, 0.25) is 0 Å². The van der Waals surface area contributed by atoms with Crippen LogP contribution in [0.4, 0.5) is 0 Å². The zero-order valence-corrected chi connectivity index (χ0v) is 9.80. The molecular formula is C12H22N2. The summed E-state index contributed by atoms with van der Waals surface area (Å²) in [6, 6.07) is 4.30. The number of nitrogens with zero attached hydrogens (tertiary/aromatic N) is 1. The molecule has 1 rings (SSSR count). The molecule has 2 heteroatoms. The van der Waals surface area contributed by atoms with Crippen LogP contribution in [0, 0.1) is 19.8 Å². The maximum Gasteiger partial charge on any atom is 0.0366 e. The maximum atomic E-state index is 3.48. The molecule has 0 aliphatic rings. The van der Waals surface area contributed by atoms with Gasteiger partial charge in [-0.25, -0.2) is 0 Å². The zero-order valence-electron chi connectivity index (χ0n) is 9.80. The van der Waals surface area contributed by atoms with Crippen molar-refractivity contribution in [3.63, 3.8) is 0 Å². The lowest BCUT2D eigenvalue weighted by atomic mass is 10.0. The molecule has 0 radical (unpaired) electrons. The van der Waals surface area contributed by atoms with Gasteiger partial charge in [-0.1, -0.05) is 26.7 Å². The summed E-state index contributed by atoms with van der Waals surface area (Å²) in [5.41, 5.74) is 6.05. The van der Waals surface area contributed by atoms with Gasteiger partial charge in [-0.3, -0.25) is 4.68 Å². The van der Waals surface area contributed by atoms with Crippen LogP contribution >= 0.6 is 0 Å². The van der Waals surface area contributed by atoms with E-state index in [0.29, 0.717) is 0 Å². The summed E-state index contributed by atoms with van der Waals surface area (Å²) in [6.45, 7) is 9.85. The summed E-state index contributed by atoms with van der Waals surface area (Å²) in [7, 11) is 0. The number of nitrogens with one attached hydrogen (secondary N) is 1. The summed E-state index contributed by atoms with van der Waals surface area (Å²) in [5, 5.41) is 0. The molecule has 80 valence electrons. The van der Waals surface area contributed by atoms with Crippen molar-refractivity contribution in [1.29, 1.82) is 0 Å². The molecule has 0 amide bonds. The molecule has 0 bridgehead atoms. The van der Waals surface area contributed by atoms with Gasteiger partial charge >= 0.3 is 0 Å². The van der Waals surface area contributed by atoms with Gasteiger partial charge in [0.1, 0.15) is 0 Å². The highest BCUT2D eigenvalue weighted by molar-refractivity contribution is 5.15. The fourth-order valence-electron chi connectivity index (χ4n) is 1.72. The van der Waals surface area contributed by atoms with Gasteiger partial charge in [-0.15, -0.1) is 0 Å². The normalized spacial score (nSPS) is 10.9. The minimum atomic E-state index is 0.788. The van der Waals surface area contributed by atoms with E-state index in [9.17, 15) is 0 Å². The molecule has 1 heterocycles. The van der Waals surface area contributed by atoms with Gasteiger partial charge in [-0.05, 0) is 31.9 Å². The van der Waals surface area contributed by atoms with Crippen LogP contribution in [0.25, 0.3) is 0 Å². The Morgan fingerprint density at radius 3 is 2.07 bits per heavy atom. The van der Waals surface area contributed by atoms with Crippen molar-refractivity contribution in [1.82, 2.24) is 4.68 Å². The van der Waals surface area contributed by atoms with E-state index in [2.05, 4.69) is 49.9 Å². The number of hydrogen-bond donors (Lipinski definition) is 1. The molecule has 0 saturated heterocycles. The molecule has 0 fully saturated rings. The molecule has 1 N–H and O–H groups in total. The van der Waals surface area contributed by atoms with E-state index in [1.54, 1.807) is 0 Å². The van der Waals surface area contributed by atoms with E-state index < -0.39 is 0 Å². The highest BCUT2D eigenvalue weighted by Gasteiger charge is 2.04. The fraction of sp³-hybridized carbons (Fsp3) is 0.667. The first kappa shape index (κ1) is 11.2. The van der Waals surface area contributed by atoms with E-state index in [1.807, 2.05) is 0 Å². The van der Waals surface area contributed by atoms with Crippen LogP contribution in [0.5, 0.6) is 0 Å². The van der Waals surface area contributed by atoms with Gasteiger partial charge in [0.15, 0.2) is 0 Å². The second-order valence-corrected chi connectivity index (χ2v) is 4.00. The first-order chi connectivity index (χ1) is 6.69.